The quantitative estimate of drug-likeness (QED) is 0.438. The van der Waals surface area contributed by atoms with Gasteiger partial charge in [0, 0.05) is 0 Å². The first kappa shape index (κ1) is 18.5. The summed E-state index contributed by atoms with van der Waals surface area (Å²) in [5.74, 6) is 0. The van der Waals surface area contributed by atoms with E-state index in [9.17, 15) is 0 Å². The number of benzene rings is 4. The van der Waals surface area contributed by atoms with Crippen LogP contribution in [0.5, 0.6) is 0 Å². The summed E-state index contributed by atoms with van der Waals surface area (Å²) in [4.78, 5) is 0. The normalized spacial score (nSPS) is 11.4. The van der Waals surface area contributed by atoms with E-state index >= 15 is 0 Å². The van der Waals surface area contributed by atoms with Crippen molar-refractivity contribution in [2.45, 2.75) is 0 Å². The van der Waals surface area contributed by atoms with Gasteiger partial charge in [-0.1, -0.05) is 0 Å². The molecule has 0 bridgehead atoms. The Labute approximate surface area is 164 Å². The second kappa shape index (κ2) is 8.38. The Balaban J connectivity index is 0.00000196. The molecule has 0 aliphatic rings. The molecule has 0 saturated heterocycles. The summed E-state index contributed by atoms with van der Waals surface area (Å²) < 4.78 is 5.67. The van der Waals surface area contributed by atoms with Gasteiger partial charge in [-0.05, 0) is 0 Å². The third-order valence-corrected chi connectivity index (χ3v) is 9.90. The van der Waals surface area contributed by atoms with E-state index < -0.39 is 12.8 Å². The van der Waals surface area contributed by atoms with Gasteiger partial charge in [0.05, 0.1) is 0 Å². The molecule has 0 radical (unpaired) electrons. The van der Waals surface area contributed by atoms with Gasteiger partial charge in [-0.3, -0.25) is 0 Å². The van der Waals surface area contributed by atoms with Crippen LogP contribution in [0.25, 0.3) is 0 Å². The minimum atomic E-state index is -2.32. The Morgan fingerprint density at radius 3 is 0.692 bits per heavy atom. The molecule has 0 aliphatic carbocycles. The van der Waals surface area contributed by atoms with Crippen molar-refractivity contribution < 1.29 is 25.3 Å². The SMILES string of the molecule is [Cl-].c1cc[c]([Mn+]([c]2ccccc2)([c]2ccccc2)[c]2ccccc2)cc1. The molecule has 0 atom stereocenters. The zero-order valence-corrected chi connectivity index (χ0v) is 16.2. The predicted octanol–water partition coefficient (Wildman–Crippen LogP) is 0.446. The first-order valence-corrected chi connectivity index (χ1v) is 10.8. The van der Waals surface area contributed by atoms with E-state index in [0.29, 0.717) is 0 Å². The Morgan fingerprint density at radius 2 is 0.500 bits per heavy atom. The summed E-state index contributed by atoms with van der Waals surface area (Å²) in [5, 5.41) is 0. The summed E-state index contributed by atoms with van der Waals surface area (Å²) in [6.45, 7) is 0. The van der Waals surface area contributed by atoms with E-state index in [0.717, 1.165) is 0 Å². The van der Waals surface area contributed by atoms with Crippen LogP contribution >= 0.6 is 0 Å². The molecular formula is C24H20ClMn. The van der Waals surface area contributed by atoms with Crippen LogP contribution in [0.4, 0.5) is 0 Å². The Morgan fingerprint density at radius 1 is 0.308 bits per heavy atom. The number of rotatable bonds is 4. The molecule has 4 aromatic carbocycles. The van der Waals surface area contributed by atoms with Crippen LogP contribution in [0.1, 0.15) is 0 Å². The Kier molecular flexibility index (Phi) is 5.96. The zero-order chi connectivity index (χ0) is 17.0. The van der Waals surface area contributed by atoms with Crippen molar-refractivity contribution in [3.05, 3.63) is 121 Å². The summed E-state index contributed by atoms with van der Waals surface area (Å²) in [5.41, 5.74) is 0. The predicted molar refractivity (Wildman–Crippen MR) is 104 cm³/mol. The molecule has 0 heterocycles. The fraction of sp³-hybridized carbons (Fsp3) is 0. The summed E-state index contributed by atoms with van der Waals surface area (Å²) in [6, 6.07) is 44.0. The van der Waals surface area contributed by atoms with E-state index in [1.54, 1.807) is 0 Å². The van der Waals surface area contributed by atoms with Crippen molar-refractivity contribution in [1.29, 1.82) is 0 Å². The third kappa shape index (κ3) is 3.22. The van der Waals surface area contributed by atoms with E-state index in [-0.39, 0.29) is 12.4 Å². The number of hydrogen-bond acceptors (Lipinski definition) is 0. The van der Waals surface area contributed by atoms with Crippen LogP contribution < -0.4 is 30.3 Å². The van der Waals surface area contributed by atoms with Gasteiger partial charge in [0.25, 0.3) is 0 Å². The Bertz CT molecular complexity index is 759. The van der Waals surface area contributed by atoms with Crippen LogP contribution in [0.15, 0.2) is 121 Å². The van der Waals surface area contributed by atoms with Gasteiger partial charge in [-0.15, -0.1) is 0 Å². The molecule has 2 heteroatoms. The van der Waals surface area contributed by atoms with Crippen molar-refractivity contribution in [3.8, 4) is 0 Å². The summed E-state index contributed by atoms with van der Waals surface area (Å²) >= 11 is -2.32. The van der Waals surface area contributed by atoms with Gasteiger partial charge in [0.2, 0.25) is 0 Å². The minimum absolute atomic E-state index is 0. The van der Waals surface area contributed by atoms with Crippen molar-refractivity contribution in [2.75, 3.05) is 0 Å². The maximum absolute atomic E-state index is 2.32. The number of halogens is 1. The molecule has 4 rings (SSSR count). The van der Waals surface area contributed by atoms with E-state index in [2.05, 4.69) is 121 Å². The average molecular weight is 399 g/mol. The van der Waals surface area contributed by atoms with Gasteiger partial charge >= 0.3 is 152 Å². The van der Waals surface area contributed by atoms with Gasteiger partial charge < -0.3 is 12.4 Å². The fourth-order valence-corrected chi connectivity index (χ4v) is 8.80. The molecule has 0 unspecified atom stereocenters. The monoisotopic (exact) mass is 398 g/mol. The van der Waals surface area contributed by atoms with E-state index in [1.807, 2.05) is 0 Å². The molecule has 0 nitrogen and oxygen atoms in total. The topological polar surface area (TPSA) is 0 Å². The molecular weight excluding hydrogens is 379 g/mol. The molecule has 130 valence electrons. The number of hydrogen-bond donors (Lipinski definition) is 0. The second-order valence-electron chi connectivity index (χ2n) is 5.75. The third-order valence-electron chi connectivity index (χ3n) is 4.24. The van der Waals surface area contributed by atoms with Crippen LogP contribution in [-0.2, 0) is 12.8 Å². The van der Waals surface area contributed by atoms with Crippen LogP contribution in [0, 0.1) is 0 Å². The van der Waals surface area contributed by atoms with E-state index in [1.165, 1.54) is 17.8 Å². The fourth-order valence-electron chi connectivity index (χ4n) is 3.17. The standard InChI is InChI=1S/4C6H5.ClH.Mn/c4*1-2-4-6-5-3-1;;/h4*1-5H;1H;/q;;;;;+1/p-1. The molecule has 0 fully saturated rings. The first-order chi connectivity index (χ1) is 12.4. The summed E-state index contributed by atoms with van der Waals surface area (Å²) in [6.07, 6.45) is 0. The van der Waals surface area contributed by atoms with Crippen LogP contribution in [-0.4, -0.2) is 0 Å². The van der Waals surface area contributed by atoms with Gasteiger partial charge in [-0.25, -0.2) is 0 Å². The molecule has 4 aromatic rings. The van der Waals surface area contributed by atoms with Gasteiger partial charge in [0.1, 0.15) is 0 Å². The van der Waals surface area contributed by atoms with E-state index in [4.69, 9.17) is 0 Å². The molecule has 26 heavy (non-hydrogen) atoms. The van der Waals surface area contributed by atoms with Crippen LogP contribution in [0.3, 0.4) is 0 Å². The molecule has 0 saturated carbocycles. The van der Waals surface area contributed by atoms with Crippen molar-refractivity contribution in [2.24, 2.45) is 0 Å². The van der Waals surface area contributed by atoms with Crippen molar-refractivity contribution >= 4 is 17.8 Å². The van der Waals surface area contributed by atoms with Crippen molar-refractivity contribution in [1.82, 2.24) is 0 Å². The van der Waals surface area contributed by atoms with Gasteiger partial charge in [-0.2, -0.15) is 0 Å². The van der Waals surface area contributed by atoms with Gasteiger partial charge in [0.15, 0.2) is 0 Å². The second-order valence-corrected chi connectivity index (χ2v) is 10.2. The van der Waals surface area contributed by atoms with Crippen molar-refractivity contribution in [3.63, 3.8) is 0 Å². The molecule has 0 aromatic heterocycles. The summed E-state index contributed by atoms with van der Waals surface area (Å²) in [7, 11) is 0. The molecule has 0 spiro atoms. The zero-order valence-electron chi connectivity index (χ0n) is 14.3. The average Bonchev–Trinajstić information content (AvgIpc) is 2.72. The van der Waals surface area contributed by atoms with Crippen LogP contribution in [0.2, 0.25) is 0 Å². The molecule has 0 amide bonds. The molecule has 0 aliphatic heterocycles. The maximum atomic E-state index is 2.29. The molecule has 0 N–H and O–H groups in total. The Hall–Kier alpha value is -2.31. The first-order valence-electron chi connectivity index (χ1n) is 8.40.